The highest BCUT2D eigenvalue weighted by atomic mass is 35.5. The fraction of sp³-hybridized carbons (Fsp3) is 0.333. The van der Waals surface area contributed by atoms with Gasteiger partial charge in [0.15, 0.2) is 6.10 Å². The Bertz CT molecular complexity index is 1560. The molecule has 0 aliphatic carbocycles. The highest BCUT2D eigenvalue weighted by molar-refractivity contribution is 6.32. The van der Waals surface area contributed by atoms with E-state index in [1.54, 1.807) is 13.0 Å². The fourth-order valence-corrected chi connectivity index (χ4v) is 5.03. The molecule has 0 unspecified atom stereocenters. The molecule has 0 saturated carbocycles. The number of amides is 1. The summed E-state index contributed by atoms with van der Waals surface area (Å²) in [7, 11) is 1.32. The van der Waals surface area contributed by atoms with Crippen LogP contribution in [0.15, 0.2) is 60.7 Å². The monoisotopic (exact) mass is 560 g/mol. The number of hydrogen-bond donors (Lipinski definition) is 1. The van der Waals surface area contributed by atoms with Crippen LogP contribution in [-0.2, 0) is 16.1 Å². The van der Waals surface area contributed by atoms with Crippen molar-refractivity contribution < 1.29 is 19.1 Å². The summed E-state index contributed by atoms with van der Waals surface area (Å²) in [5.74, 6) is 0.279. The van der Waals surface area contributed by atoms with Crippen molar-refractivity contribution in [1.82, 2.24) is 9.88 Å². The summed E-state index contributed by atoms with van der Waals surface area (Å²) >= 11 is 6.34. The average molecular weight is 561 g/mol. The first-order valence-corrected chi connectivity index (χ1v) is 13.9. The van der Waals surface area contributed by atoms with Gasteiger partial charge in [-0.05, 0) is 86.2 Å². The molecule has 40 heavy (non-hydrogen) atoms. The van der Waals surface area contributed by atoms with Crippen LogP contribution in [0.25, 0.3) is 10.9 Å². The molecule has 0 aliphatic rings. The number of ether oxygens (including phenoxy) is 2. The molecule has 1 aromatic heterocycles. The van der Waals surface area contributed by atoms with E-state index in [2.05, 4.69) is 55.8 Å². The summed E-state index contributed by atoms with van der Waals surface area (Å²) < 4.78 is 12.7. The number of carbonyl (C=O) groups excluding carboxylic acids is 2. The van der Waals surface area contributed by atoms with Crippen molar-refractivity contribution in [3.63, 3.8) is 0 Å². The quantitative estimate of drug-likeness (QED) is 0.215. The molecule has 0 bridgehead atoms. The van der Waals surface area contributed by atoms with Crippen LogP contribution in [0.3, 0.4) is 0 Å². The van der Waals surface area contributed by atoms with Gasteiger partial charge in [0.1, 0.15) is 5.75 Å². The summed E-state index contributed by atoms with van der Waals surface area (Å²) in [4.78, 5) is 25.1. The molecule has 2 atom stereocenters. The number of nitrogens with one attached hydrogen (secondary N) is 1. The smallest absolute Gasteiger partial charge is 0.346 e. The lowest BCUT2D eigenvalue weighted by molar-refractivity contribution is -0.147. The number of carbonyl (C=O) groups is 2. The lowest BCUT2D eigenvalue weighted by Gasteiger charge is -2.17. The zero-order valence-corrected chi connectivity index (χ0v) is 24.9. The Morgan fingerprint density at radius 2 is 1.68 bits per heavy atom. The number of hydrogen-bond acceptors (Lipinski definition) is 4. The molecule has 4 aromatic rings. The summed E-state index contributed by atoms with van der Waals surface area (Å²) in [6.45, 7) is 12.7. The van der Waals surface area contributed by atoms with Crippen LogP contribution in [0.4, 0.5) is 0 Å². The van der Waals surface area contributed by atoms with Gasteiger partial charge in [-0.2, -0.15) is 0 Å². The normalized spacial score (nSPS) is 12.8. The summed E-state index contributed by atoms with van der Waals surface area (Å²) in [5, 5.41) is 4.61. The number of rotatable bonds is 9. The van der Waals surface area contributed by atoms with Gasteiger partial charge in [-0.15, -0.1) is 0 Å². The van der Waals surface area contributed by atoms with E-state index in [1.807, 2.05) is 43.3 Å². The molecule has 1 amide bonds. The third-order valence-electron chi connectivity index (χ3n) is 7.50. The Morgan fingerprint density at radius 1 is 0.950 bits per heavy atom. The molecule has 1 heterocycles. The molecule has 6 nitrogen and oxygen atoms in total. The molecule has 0 aliphatic heterocycles. The van der Waals surface area contributed by atoms with Crippen molar-refractivity contribution in [1.29, 1.82) is 0 Å². The van der Waals surface area contributed by atoms with E-state index in [0.29, 0.717) is 28.8 Å². The zero-order chi connectivity index (χ0) is 29.1. The molecule has 210 valence electrons. The maximum atomic E-state index is 13.2. The number of halogens is 1. The Hall–Kier alpha value is -3.77. The minimum Gasteiger partial charge on any atom is -0.477 e. The van der Waals surface area contributed by atoms with Crippen LogP contribution >= 0.6 is 11.6 Å². The average Bonchev–Trinajstić information content (AvgIpc) is 3.18. The van der Waals surface area contributed by atoms with E-state index in [9.17, 15) is 9.59 Å². The topological polar surface area (TPSA) is 69.6 Å². The van der Waals surface area contributed by atoms with E-state index in [-0.39, 0.29) is 11.9 Å². The second-order valence-corrected chi connectivity index (χ2v) is 11.0. The van der Waals surface area contributed by atoms with Gasteiger partial charge < -0.3 is 19.4 Å². The maximum Gasteiger partial charge on any atom is 0.346 e. The Balaban J connectivity index is 1.57. The minimum atomic E-state index is -0.777. The number of benzene rings is 3. The highest BCUT2D eigenvalue weighted by Gasteiger charge is 2.19. The van der Waals surface area contributed by atoms with Crippen molar-refractivity contribution >= 4 is 34.4 Å². The van der Waals surface area contributed by atoms with E-state index in [4.69, 9.17) is 21.1 Å². The van der Waals surface area contributed by atoms with Crippen molar-refractivity contribution in [2.45, 2.75) is 66.2 Å². The fourth-order valence-electron chi connectivity index (χ4n) is 4.87. The Kier molecular flexibility index (Phi) is 8.89. The second-order valence-electron chi connectivity index (χ2n) is 10.6. The largest absolute Gasteiger partial charge is 0.477 e. The lowest BCUT2D eigenvalue weighted by Crippen LogP contribution is -2.26. The Morgan fingerprint density at radius 3 is 2.38 bits per heavy atom. The summed E-state index contributed by atoms with van der Waals surface area (Å²) in [6, 6.07) is 19.7. The molecule has 3 aromatic carbocycles. The zero-order valence-electron chi connectivity index (χ0n) is 24.2. The molecule has 7 heteroatoms. The van der Waals surface area contributed by atoms with E-state index in [1.165, 1.54) is 12.7 Å². The first-order valence-electron chi connectivity index (χ1n) is 13.5. The van der Waals surface area contributed by atoms with Crippen molar-refractivity contribution in [3.8, 4) is 5.75 Å². The van der Waals surface area contributed by atoms with Gasteiger partial charge in [0.25, 0.3) is 5.91 Å². The third kappa shape index (κ3) is 6.18. The number of esters is 1. The van der Waals surface area contributed by atoms with E-state index >= 15 is 0 Å². The predicted molar refractivity (Wildman–Crippen MR) is 160 cm³/mol. The standard InChI is InChI=1S/C33H37ClN2O4/c1-19(2)25-9-8-10-26(16-25)21(4)35-32(37)27-12-14-30-28(17-27)20(3)22(5)36(30)18-24-11-13-29(34)31(15-24)40-23(6)33(38)39-7/h8-17,19,21,23H,18H2,1-7H3,(H,35,37)/t21-,23-/m0/s1. The predicted octanol–water partition coefficient (Wildman–Crippen LogP) is 7.51. The lowest BCUT2D eigenvalue weighted by atomic mass is 9.98. The second kappa shape index (κ2) is 12.2. The number of aryl methyl sites for hydroxylation is 1. The molecule has 0 spiro atoms. The van der Waals surface area contributed by atoms with Crippen LogP contribution in [0.1, 0.15) is 78.0 Å². The number of nitrogens with zero attached hydrogens (tertiary/aromatic N) is 1. The molecule has 0 saturated heterocycles. The molecule has 0 radical (unpaired) electrons. The molecule has 4 rings (SSSR count). The van der Waals surface area contributed by atoms with Gasteiger partial charge in [0.05, 0.1) is 18.2 Å². The van der Waals surface area contributed by atoms with Crippen molar-refractivity contribution in [3.05, 3.63) is 99.2 Å². The van der Waals surface area contributed by atoms with Crippen LogP contribution in [0, 0.1) is 13.8 Å². The maximum absolute atomic E-state index is 13.2. The third-order valence-corrected chi connectivity index (χ3v) is 7.81. The van der Waals surface area contributed by atoms with Crippen molar-refractivity contribution in [2.75, 3.05) is 7.11 Å². The van der Waals surface area contributed by atoms with E-state index in [0.717, 1.165) is 33.3 Å². The molecule has 1 N–H and O–H groups in total. The van der Waals surface area contributed by atoms with Gasteiger partial charge >= 0.3 is 5.97 Å². The van der Waals surface area contributed by atoms with Crippen LogP contribution in [-0.4, -0.2) is 29.7 Å². The summed E-state index contributed by atoms with van der Waals surface area (Å²) in [5.41, 5.74) is 7.19. The van der Waals surface area contributed by atoms with Crippen LogP contribution in [0.2, 0.25) is 5.02 Å². The Labute approximate surface area is 241 Å². The highest BCUT2D eigenvalue weighted by Crippen LogP contribution is 2.31. The van der Waals surface area contributed by atoms with Crippen LogP contribution < -0.4 is 10.1 Å². The van der Waals surface area contributed by atoms with Crippen LogP contribution in [0.5, 0.6) is 5.75 Å². The van der Waals surface area contributed by atoms with Gasteiger partial charge in [-0.25, -0.2) is 4.79 Å². The van der Waals surface area contributed by atoms with Gasteiger partial charge in [-0.1, -0.05) is 55.8 Å². The van der Waals surface area contributed by atoms with Gasteiger partial charge in [0, 0.05) is 28.7 Å². The molecular weight excluding hydrogens is 524 g/mol. The molecular formula is C33H37ClN2O4. The number of fused-ring (bicyclic) bond motifs is 1. The van der Waals surface area contributed by atoms with Crippen molar-refractivity contribution in [2.24, 2.45) is 0 Å². The minimum absolute atomic E-state index is 0.103. The first-order chi connectivity index (χ1) is 19.0. The number of aromatic nitrogens is 1. The molecule has 0 fully saturated rings. The summed E-state index contributed by atoms with van der Waals surface area (Å²) in [6.07, 6.45) is -0.777. The number of methoxy groups -OCH3 is 1. The van der Waals surface area contributed by atoms with Gasteiger partial charge in [0.2, 0.25) is 0 Å². The SMILES string of the molecule is COC(=O)[C@H](C)Oc1cc(Cn2c(C)c(C)c3cc(C(=O)N[C@@H](C)c4cccc(C(C)C)c4)ccc32)ccc1Cl. The first kappa shape index (κ1) is 29.2. The van der Waals surface area contributed by atoms with Gasteiger partial charge in [-0.3, -0.25) is 4.79 Å². The van der Waals surface area contributed by atoms with E-state index < -0.39 is 12.1 Å².